The summed E-state index contributed by atoms with van der Waals surface area (Å²) in [5.74, 6) is 1.59. The number of pyridine rings is 1. The maximum absolute atomic E-state index is 10.3. The Morgan fingerprint density at radius 3 is 1.97 bits per heavy atom. The van der Waals surface area contributed by atoms with Gasteiger partial charge < -0.3 is 4.74 Å². The summed E-state index contributed by atoms with van der Waals surface area (Å²) in [7, 11) is 0. The summed E-state index contributed by atoms with van der Waals surface area (Å²) >= 11 is 0. The average molecular weight is 996 g/mol. The Morgan fingerprint density at radius 2 is 1.24 bits per heavy atom. The number of nitrogens with zero attached hydrogens (tertiary/aromatic N) is 4. The van der Waals surface area contributed by atoms with Gasteiger partial charge in [0.05, 0.1) is 37.6 Å². The van der Waals surface area contributed by atoms with E-state index in [2.05, 4.69) is 70.6 Å². The number of aromatic nitrogens is 4. The Bertz CT molecular complexity index is 4950. The quantitative estimate of drug-likeness (QED) is 0.127. The smallest absolute Gasteiger partial charge is 0.269 e. The van der Waals surface area contributed by atoms with Gasteiger partial charge in [0.15, 0.2) is 0 Å². The summed E-state index contributed by atoms with van der Waals surface area (Å²) in [6.45, 7) is -4.20. The van der Waals surface area contributed by atoms with E-state index in [1.165, 1.54) is 6.07 Å². The summed E-state index contributed by atoms with van der Waals surface area (Å²) in [5.41, 5.74) is -3.33. The molecule has 8 aromatic carbocycles. The first-order valence-corrected chi connectivity index (χ1v) is 25.0. The molecule has 0 saturated carbocycles. The lowest BCUT2D eigenvalue weighted by molar-refractivity contribution is -0.572. The van der Waals surface area contributed by atoms with Gasteiger partial charge in [-0.3, -0.25) is 13.7 Å². The van der Waals surface area contributed by atoms with Crippen LogP contribution in [0.2, 0.25) is 0 Å². The number of hydrogen-bond donors (Lipinski definition) is 0. The Labute approximate surface area is 468 Å². The summed E-state index contributed by atoms with van der Waals surface area (Å²) in [4.78, 5) is 4.86. The fourth-order valence-corrected chi connectivity index (χ4v) is 11.0. The van der Waals surface area contributed by atoms with E-state index >= 15 is 0 Å². The normalized spacial score (nSPS) is 20.4. The zero-order valence-electron chi connectivity index (χ0n) is 61.3. The van der Waals surface area contributed by atoms with Crippen molar-refractivity contribution in [1.29, 1.82) is 0 Å². The Hall–Kier alpha value is -8.02. The predicted molar refractivity (Wildman–Crippen MR) is 310 cm³/mol. The molecule has 0 radical (unpaired) electrons. The highest BCUT2D eigenvalue weighted by atomic mass is 16.5. The van der Waals surface area contributed by atoms with Gasteiger partial charge in [0.25, 0.3) is 6.33 Å². The van der Waals surface area contributed by atoms with Crippen molar-refractivity contribution in [3.8, 4) is 73.2 Å². The van der Waals surface area contributed by atoms with Crippen molar-refractivity contribution < 1.29 is 35.3 Å². The van der Waals surface area contributed by atoms with E-state index in [1.54, 1.807) is 28.8 Å². The van der Waals surface area contributed by atoms with Crippen LogP contribution in [0.3, 0.4) is 0 Å². The predicted octanol–water partition coefficient (Wildman–Crippen LogP) is 17.9. The van der Waals surface area contributed by atoms with Crippen LogP contribution in [-0.4, -0.2) is 14.1 Å². The molecular formula is C70H64N4O. The van der Waals surface area contributed by atoms with Crippen LogP contribution in [0.25, 0.3) is 94.5 Å². The van der Waals surface area contributed by atoms with Crippen LogP contribution in [0.4, 0.5) is 0 Å². The van der Waals surface area contributed by atoms with Crippen LogP contribution < -0.4 is 9.30 Å². The summed E-state index contributed by atoms with van der Waals surface area (Å²) in [5, 5.41) is 1.98. The zero-order chi connectivity index (χ0) is 68.0. The standard InChI is InChI=1S/C70H64N4O/c1-67(2,3)46-33-36-71-64(40-46)74-61-28-16-15-25-54(61)55-31-30-49(42-62(55)74)75-48-20-17-19-47(41-48)72-43-73-65-56(26-18-27-59(65)68(4,5)6)52-23-13-11-21-50(52)51-22-12-14-24-53(51)57-37-45(39-63(72)66(57)73)44-29-32-58-60(38-44)70(9,10)35-34-69(58,7)8/h11-33,36-42H,34-35H2,1-10H3/i7D3,8D3,9D3,10D3,29D,32D,34D2,35D2,38D. The van der Waals surface area contributed by atoms with Gasteiger partial charge in [-0.1, -0.05) is 184 Å². The van der Waals surface area contributed by atoms with Crippen molar-refractivity contribution in [3.63, 3.8) is 0 Å². The van der Waals surface area contributed by atoms with E-state index in [1.807, 2.05) is 120 Å². The lowest BCUT2D eigenvalue weighted by Crippen LogP contribution is -2.35. The lowest BCUT2D eigenvalue weighted by Gasteiger charge is -2.42. The number of fused-ring (bicyclic) bond motifs is 11. The molecule has 13 rings (SSSR count). The van der Waals surface area contributed by atoms with Gasteiger partial charge in [-0.25, -0.2) is 4.98 Å². The monoisotopic (exact) mass is 996 g/mol. The van der Waals surface area contributed by atoms with Crippen LogP contribution >= 0.6 is 0 Å². The van der Waals surface area contributed by atoms with Gasteiger partial charge in [-0.2, -0.15) is 0 Å². The minimum Gasteiger partial charge on any atom is -0.458 e. The van der Waals surface area contributed by atoms with E-state index in [9.17, 15) is 9.60 Å². The van der Waals surface area contributed by atoms with Gasteiger partial charge >= 0.3 is 0 Å². The Balaban J connectivity index is 1.14. The van der Waals surface area contributed by atoms with Crippen molar-refractivity contribution in [2.75, 3.05) is 0 Å². The third kappa shape index (κ3) is 7.64. The molecule has 0 spiro atoms. The van der Waals surface area contributed by atoms with Crippen LogP contribution in [-0.2, 0) is 21.7 Å². The minimum absolute atomic E-state index is 0.161. The van der Waals surface area contributed by atoms with Crippen molar-refractivity contribution in [3.05, 3.63) is 211 Å². The molecule has 0 N–H and O–H groups in total. The SMILES string of the molecule is [2H]c1c([2H])c2c(c([2H])c1-c1cc3c4c(c1)n(-c1cccc(Oc5ccc6c7ccccc7n(-c7cc(C(C)(C)C)ccn7)c6c5)c1)[c-][n+]4-c1c(cccc1C(C)(C)C)-c1ccccc1-c1ccccc1-3)C(C([2H])([2H])[2H])(C([2H])([2H])[2H])C([2H])([2H])C([2H])([2H])C2(C([2H])([2H])[2H])C([2H])([2H])[2H]. The van der Waals surface area contributed by atoms with E-state index < -0.39 is 91.2 Å². The molecule has 0 atom stereocenters. The largest absolute Gasteiger partial charge is 0.458 e. The molecule has 1 aliphatic heterocycles. The summed E-state index contributed by atoms with van der Waals surface area (Å²) in [6, 6.07) is 45.9. The molecule has 0 saturated heterocycles. The van der Waals surface area contributed by atoms with Crippen LogP contribution in [0, 0.1) is 6.33 Å². The molecule has 3 aromatic heterocycles. The molecule has 0 fully saturated rings. The Morgan fingerprint density at radius 1 is 0.587 bits per heavy atom. The fraction of sp³-hybridized carbons (Fsp3) is 0.229. The van der Waals surface area contributed by atoms with Gasteiger partial charge in [0.1, 0.15) is 17.3 Å². The number of imidazole rings is 1. The number of benzene rings is 8. The van der Waals surface area contributed by atoms with E-state index in [4.69, 9.17) is 26.2 Å². The molecule has 0 unspecified atom stereocenters. The molecule has 75 heavy (non-hydrogen) atoms. The zero-order valence-corrected chi connectivity index (χ0v) is 42.3. The molecular weight excluding hydrogens is 913 g/mol. The Kier molecular flexibility index (Phi) is 6.78. The number of ether oxygens (including phenoxy) is 1. The summed E-state index contributed by atoms with van der Waals surface area (Å²) < 4.78 is 188. The second-order valence-electron chi connectivity index (χ2n) is 21.7. The van der Waals surface area contributed by atoms with E-state index in [-0.39, 0.29) is 11.0 Å². The van der Waals surface area contributed by atoms with Crippen molar-refractivity contribution in [1.82, 2.24) is 14.1 Å². The molecule has 0 bridgehead atoms. The average Bonchev–Trinajstić information content (AvgIpc) is 0.780. The first-order chi connectivity index (χ1) is 43.7. The highest BCUT2D eigenvalue weighted by Gasteiger charge is 2.37. The molecule has 1 aliphatic carbocycles. The number of rotatable bonds is 5. The molecule has 5 heteroatoms. The maximum atomic E-state index is 10.3. The van der Waals surface area contributed by atoms with Crippen molar-refractivity contribution in [2.24, 2.45) is 0 Å². The molecule has 370 valence electrons. The van der Waals surface area contributed by atoms with Crippen molar-refractivity contribution in [2.45, 2.75) is 103 Å². The molecule has 0 amide bonds. The van der Waals surface area contributed by atoms with Gasteiger partial charge in [-0.05, 0) is 156 Å². The summed E-state index contributed by atoms with van der Waals surface area (Å²) in [6.07, 6.45) is -3.49. The van der Waals surface area contributed by atoms with E-state index in [0.717, 1.165) is 61.1 Å². The van der Waals surface area contributed by atoms with Gasteiger partial charge in [-0.15, -0.1) is 0 Å². The molecule has 11 aromatic rings. The van der Waals surface area contributed by atoms with Crippen LogP contribution in [0.5, 0.6) is 11.5 Å². The van der Waals surface area contributed by atoms with Gasteiger partial charge in [0, 0.05) is 45.0 Å². The second-order valence-corrected chi connectivity index (χ2v) is 21.7. The number of hydrogen-bond acceptors (Lipinski definition) is 2. The first-order valence-electron chi connectivity index (χ1n) is 34.5. The molecule has 5 nitrogen and oxygen atoms in total. The fourth-order valence-electron chi connectivity index (χ4n) is 11.0. The highest BCUT2D eigenvalue weighted by Crippen LogP contribution is 2.49. The minimum atomic E-state index is -4.51. The second kappa shape index (κ2) is 16.7. The molecule has 2 aliphatic rings. The van der Waals surface area contributed by atoms with Gasteiger partial charge in [0.2, 0.25) is 0 Å². The topological polar surface area (TPSA) is 35.9 Å². The van der Waals surface area contributed by atoms with Crippen LogP contribution in [0.1, 0.15) is 130 Å². The third-order valence-electron chi connectivity index (χ3n) is 14.6. The third-order valence-corrected chi connectivity index (χ3v) is 14.6. The van der Waals surface area contributed by atoms with Crippen LogP contribution in [0.15, 0.2) is 182 Å². The maximum Gasteiger partial charge on any atom is 0.269 e. The highest BCUT2D eigenvalue weighted by molar-refractivity contribution is 6.09. The van der Waals surface area contributed by atoms with E-state index in [0.29, 0.717) is 44.9 Å². The van der Waals surface area contributed by atoms with Crippen molar-refractivity contribution >= 4 is 32.8 Å². The first kappa shape index (κ1) is 30.4. The number of para-hydroxylation sites is 2. The molecule has 4 heterocycles. The lowest BCUT2D eigenvalue weighted by atomic mass is 9.63.